The van der Waals surface area contributed by atoms with Crippen LogP contribution in [0.1, 0.15) is 15.4 Å². The number of thiazole rings is 1. The van der Waals surface area contributed by atoms with Gasteiger partial charge >= 0.3 is 0 Å². The SMILES string of the molecule is Cc1nc(-c2ccncc2)sc1C(=O)N1CCN(S(=O)(=O)c2ccc(-c3ccccn3)s2)CC1. The molecule has 4 aromatic heterocycles. The molecule has 174 valence electrons. The lowest BCUT2D eigenvalue weighted by Gasteiger charge is -2.33. The third kappa shape index (κ3) is 4.39. The first-order chi connectivity index (χ1) is 16.4. The van der Waals surface area contributed by atoms with Crippen LogP contribution in [0.4, 0.5) is 0 Å². The molecule has 0 bridgehead atoms. The maximum atomic E-state index is 13.2. The summed E-state index contributed by atoms with van der Waals surface area (Å²) in [6.45, 7) is 2.99. The topological polar surface area (TPSA) is 96.4 Å². The number of hydrogen-bond acceptors (Lipinski definition) is 8. The van der Waals surface area contributed by atoms with Gasteiger partial charge in [-0.1, -0.05) is 6.07 Å². The van der Waals surface area contributed by atoms with E-state index in [9.17, 15) is 13.2 Å². The van der Waals surface area contributed by atoms with Crippen molar-refractivity contribution >= 4 is 38.6 Å². The van der Waals surface area contributed by atoms with Crippen LogP contribution in [-0.2, 0) is 10.0 Å². The fraction of sp³-hybridized carbons (Fsp3) is 0.217. The monoisotopic (exact) mass is 511 g/mol. The molecular formula is C23H21N5O3S3. The minimum absolute atomic E-state index is 0.110. The quantitative estimate of drug-likeness (QED) is 0.405. The van der Waals surface area contributed by atoms with Crippen LogP contribution in [-0.4, -0.2) is 64.7 Å². The van der Waals surface area contributed by atoms with Gasteiger partial charge in [-0.15, -0.1) is 22.7 Å². The lowest BCUT2D eigenvalue weighted by molar-refractivity contribution is 0.0702. The van der Waals surface area contributed by atoms with E-state index in [-0.39, 0.29) is 23.2 Å². The van der Waals surface area contributed by atoms with Crippen molar-refractivity contribution < 1.29 is 13.2 Å². The lowest BCUT2D eigenvalue weighted by atomic mass is 10.3. The van der Waals surface area contributed by atoms with Crippen molar-refractivity contribution in [3.8, 4) is 21.1 Å². The number of rotatable bonds is 5. The van der Waals surface area contributed by atoms with Crippen molar-refractivity contribution in [1.29, 1.82) is 0 Å². The van der Waals surface area contributed by atoms with Crippen molar-refractivity contribution in [2.75, 3.05) is 26.2 Å². The van der Waals surface area contributed by atoms with Crippen molar-refractivity contribution in [3.05, 3.63) is 71.6 Å². The number of thiophene rings is 1. The predicted molar refractivity (Wildman–Crippen MR) is 132 cm³/mol. The summed E-state index contributed by atoms with van der Waals surface area (Å²) >= 11 is 2.56. The number of sulfonamides is 1. The molecule has 1 amide bonds. The maximum Gasteiger partial charge on any atom is 0.265 e. The van der Waals surface area contributed by atoms with Crippen LogP contribution in [0.25, 0.3) is 21.1 Å². The highest BCUT2D eigenvalue weighted by atomic mass is 32.2. The Bertz CT molecular complexity index is 1410. The third-order valence-electron chi connectivity index (χ3n) is 5.54. The Labute approximate surface area is 205 Å². The van der Waals surface area contributed by atoms with Crippen molar-refractivity contribution in [2.45, 2.75) is 11.1 Å². The van der Waals surface area contributed by atoms with E-state index >= 15 is 0 Å². The zero-order valence-corrected chi connectivity index (χ0v) is 20.7. The van der Waals surface area contributed by atoms with Crippen LogP contribution in [0.3, 0.4) is 0 Å². The Morgan fingerprint density at radius 1 is 0.941 bits per heavy atom. The summed E-state index contributed by atoms with van der Waals surface area (Å²) in [5.41, 5.74) is 2.34. The summed E-state index contributed by atoms with van der Waals surface area (Å²) in [6, 6.07) is 12.7. The number of nitrogens with zero attached hydrogens (tertiary/aromatic N) is 5. The average molecular weight is 512 g/mol. The second kappa shape index (κ2) is 9.34. The van der Waals surface area contributed by atoms with E-state index in [4.69, 9.17) is 0 Å². The number of carbonyl (C=O) groups excluding carboxylic acids is 1. The van der Waals surface area contributed by atoms with Crippen LogP contribution in [0.15, 0.2) is 65.3 Å². The Kier molecular flexibility index (Phi) is 6.26. The summed E-state index contributed by atoms with van der Waals surface area (Å²) in [5, 5.41) is 0.769. The number of hydrogen-bond donors (Lipinski definition) is 0. The van der Waals surface area contributed by atoms with Gasteiger partial charge in [-0.25, -0.2) is 13.4 Å². The zero-order valence-electron chi connectivity index (χ0n) is 18.3. The standard InChI is InChI=1S/C23H21N5O3S3/c1-16-21(33-22(26-16)17-7-10-24-11-8-17)23(29)27-12-14-28(15-13-27)34(30,31)20-6-5-19(32-20)18-4-2-3-9-25-18/h2-11H,12-15H2,1H3. The van der Waals surface area contributed by atoms with E-state index in [1.807, 2.05) is 37.3 Å². The molecule has 1 aliphatic heterocycles. The maximum absolute atomic E-state index is 13.2. The van der Waals surface area contributed by atoms with Crippen LogP contribution in [0.2, 0.25) is 0 Å². The number of carbonyl (C=O) groups is 1. The molecule has 5 rings (SSSR count). The Balaban J connectivity index is 1.27. The summed E-state index contributed by atoms with van der Waals surface area (Å²) in [4.78, 5) is 29.1. The molecule has 0 saturated carbocycles. The minimum Gasteiger partial charge on any atom is -0.335 e. The molecule has 0 radical (unpaired) electrons. The molecule has 0 aromatic carbocycles. The second-order valence-electron chi connectivity index (χ2n) is 7.70. The number of amides is 1. The molecule has 8 nitrogen and oxygen atoms in total. The summed E-state index contributed by atoms with van der Waals surface area (Å²) < 4.78 is 28.1. The molecule has 4 aromatic rings. The fourth-order valence-corrected chi connectivity index (χ4v) is 7.62. The second-order valence-corrected chi connectivity index (χ2v) is 11.9. The van der Waals surface area contributed by atoms with E-state index in [1.54, 1.807) is 35.6 Å². The molecule has 1 saturated heterocycles. The van der Waals surface area contributed by atoms with Gasteiger partial charge in [-0.2, -0.15) is 4.31 Å². The minimum atomic E-state index is -3.63. The highest BCUT2D eigenvalue weighted by Gasteiger charge is 2.32. The lowest BCUT2D eigenvalue weighted by Crippen LogP contribution is -2.50. The van der Waals surface area contributed by atoms with Crippen LogP contribution >= 0.6 is 22.7 Å². The van der Waals surface area contributed by atoms with Crippen LogP contribution in [0.5, 0.6) is 0 Å². The molecule has 34 heavy (non-hydrogen) atoms. The van der Waals surface area contributed by atoms with Gasteiger partial charge < -0.3 is 4.90 Å². The number of pyridine rings is 2. The normalized spacial score (nSPS) is 14.9. The first kappa shape index (κ1) is 22.8. The van der Waals surface area contributed by atoms with E-state index in [0.29, 0.717) is 23.7 Å². The molecular weight excluding hydrogens is 490 g/mol. The van der Waals surface area contributed by atoms with Crippen molar-refractivity contribution in [2.24, 2.45) is 0 Å². The fourth-order valence-electron chi connectivity index (χ4n) is 3.72. The first-order valence-electron chi connectivity index (χ1n) is 10.6. The number of piperazine rings is 1. The molecule has 0 spiro atoms. The molecule has 11 heteroatoms. The number of aryl methyl sites for hydroxylation is 1. The van der Waals surface area contributed by atoms with Gasteiger partial charge in [-0.3, -0.25) is 14.8 Å². The molecule has 1 fully saturated rings. The van der Waals surface area contributed by atoms with Crippen LogP contribution in [0, 0.1) is 6.92 Å². The highest BCUT2D eigenvalue weighted by molar-refractivity contribution is 7.91. The van der Waals surface area contributed by atoms with Gasteiger partial charge in [0, 0.05) is 50.3 Å². The van der Waals surface area contributed by atoms with Crippen LogP contribution < -0.4 is 0 Å². The van der Waals surface area contributed by atoms with Crippen molar-refractivity contribution in [1.82, 2.24) is 24.2 Å². The van der Waals surface area contributed by atoms with Gasteiger partial charge in [0.05, 0.1) is 16.3 Å². The number of aromatic nitrogens is 3. The Hall–Kier alpha value is -2.99. The highest BCUT2D eigenvalue weighted by Crippen LogP contribution is 2.32. The van der Waals surface area contributed by atoms with Crippen molar-refractivity contribution in [3.63, 3.8) is 0 Å². The Morgan fingerprint density at radius 3 is 2.41 bits per heavy atom. The smallest absolute Gasteiger partial charge is 0.265 e. The molecule has 5 heterocycles. The molecule has 0 unspecified atom stereocenters. The van der Waals surface area contributed by atoms with E-state index in [1.165, 1.54) is 27.0 Å². The largest absolute Gasteiger partial charge is 0.335 e. The molecule has 0 aliphatic carbocycles. The van der Waals surface area contributed by atoms with Gasteiger partial charge in [0.15, 0.2) is 0 Å². The molecule has 0 N–H and O–H groups in total. The van der Waals surface area contributed by atoms with Gasteiger partial charge in [-0.05, 0) is 43.3 Å². The Morgan fingerprint density at radius 2 is 1.71 bits per heavy atom. The van der Waals surface area contributed by atoms with Gasteiger partial charge in [0.2, 0.25) is 0 Å². The average Bonchev–Trinajstić information content (AvgIpc) is 3.53. The predicted octanol–water partition coefficient (Wildman–Crippen LogP) is 3.78. The first-order valence-corrected chi connectivity index (χ1v) is 13.7. The van der Waals surface area contributed by atoms with E-state index in [0.717, 1.165) is 21.1 Å². The molecule has 0 atom stereocenters. The third-order valence-corrected chi connectivity index (χ3v) is 10.2. The van der Waals surface area contributed by atoms with Gasteiger partial charge in [0.1, 0.15) is 14.1 Å². The van der Waals surface area contributed by atoms with E-state index < -0.39 is 10.0 Å². The summed E-state index contributed by atoms with van der Waals surface area (Å²) in [7, 11) is -3.63. The summed E-state index contributed by atoms with van der Waals surface area (Å²) in [6.07, 6.45) is 5.07. The zero-order chi connectivity index (χ0) is 23.7. The summed E-state index contributed by atoms with van der Waals surface area (Å²) in [5.74, 6) is -0.110. The molecule has 1 aliphatic rings. The van der Waals surface area contributed by atoms with E-state index in [2.05, 4.69) is 15.0 Å². The van der Waals surface area contributed by atoms with Gasteiger partial charge in [0.25, 0.3) is 15.9 Å².